The van der Waals surface area contributed by atoms with Gasteiger partial charge in [-0.25, -0.2) is 13.2 Å². The lowest BCUT2D eigenvalue weighted by Gasteiger charge is -2.33. The lowest BCUT2D eigenvalue weighted by Crippen LogP contribution is -2.50. The molecule has 0 radical (unpaired) electrons. The molecule has 142 valence electrons. The van der Waals surface area contributed by atoms with Crippen LogP contribution in [0.1, 0.15) is 12.8 Å². The van der Waals surface area contributed by atoms with Crippen molar-refractivity contribution in [3.8, 4) is 0 Å². The summed E-state index contributed by atoms with van der Waals surface area (Å²) in [6, 6.07) is 1.76. The van der Waals surface area contributed by atoms with Crippen LogP contribution >= 0.6 is 22.9 Å². The molecule has 4 amide bonds. The Morgan fingerprint density at radius 3 is 2.46 bits per heavy atom. The number of nitrogens with one attached hydrogen (secondary N) is 2. The molecule has 2 aliphatic heterocycles. The van der Waals surface area contributed by atoms with Gasteiger partial charge < -0.3 is 10.2 Å². The number of imide groups is 1. The quantitative estimate of drug-likeness (QED) is 0.661. The minimum atomic E-state index is -3.60. The van der Waals surface area contributed by atoms with Crippen LogP contribution < -0.4 is 10.6 Å². The van der Waals surface area contributed by atoms with Crippen LogP contribution in [0.4, 0.5) is 4.79 Å². The van der Waals surface area contributed by atoms with E-state index in [1.807, 2.05) is 0 Å². The van der Waals surface area contributed by atoms with Crippen molar-refractivity contribution in [1.82, 2.24) is 19.8 Å². The highest BCUT2D eigenvalue weighted by atomic mass is 35.5. The van der Waals surface area contributed by atoms with E-state index in [0.29, 0.717) is 4.34 Å². The molecular weight excluding hydrogens is 404 g/mol. The molecule has 2 saturated heterocycles. The number of halogens is 1. The molecule has 1 aromatic heterocycles. The molecule has 9 nitrogen and oxygen atoms in total. The molecule has 2 N–H and O–H groups in total. The molecule has 2 fully saturated rings. The number of thiophene rings is 1. The lowest BCUT2D eigenvalue weighted by molar-refractivity contribution is -0.132. The van der Waals surface area contributed by atoms with Crippen molar-refractivity contribution in [1.29, 1.82) is 0 Å². The van der Waals surface area contributed by atoms with Gasteiger partial charge in [0, 0.05) is 32.6 Å². The molecule has 3 heterocycles. The molecule has 26 heavy (non-hydrogen) atoms. The van der Waals surface area contributed by atoms with Crippen LogP contribution in [0.15, 0.2) is 16.3 Å². The summed E-state index contributed by atoms with van der Waals surface area (Å²) in [4.78, 5) is 36.4. The Bertz CT molecular complexity index is 832. The van der Waals surface area contributed by atoms with Gasteiger partial charge in [0.1, 0.15) is 10.3 Å². The molecule has 12 heteroatoms. The van der Waals surface area contributed by atoms with Crippen molar-refractivity contribution in [3.63, 3.8) is 0 Å². The van der Waals surface area contributed by atoms with Gasteiger partial charge in [0.15, 0.2) is 0 Å². The number of sulfonamides is 1. The molecule has 1 atom stereocenters. The summed E-state index contributed by atoms with van der Waals surface area (Å²) in [7, 11) is -3.60. The number of nitrogens with zero attached hydrogens (tertiary/aromatic N) is 2. The van der Waals surface area contributed by atoms with E-state index >= 15 is 0 Å². The molecule has 3 rings (SSSR count). The van der Waals surface area contributed by atoms with Gasteiger partial charge in [-0.15, -0.1) is 11.3 Å². The first-order valence-electron chi connectivity index (χ1n) is 7.92. The van der Waals surface area contributed by atoms with Crippen LogP contribution in [0.2, 0.25) is 4.34 Å². The fraction of sp³-hybridized carbons (Fsp3) is 0.500. The second-order valence-electron chi connectivity index (χ2n) is 5.90. The molecule has 0 spiro atoms. The molecule has 0 aliphatic carbocycles. The molecule has 0 unspecified atom stereocenters. The van der Waals surface area contributed by atoms with Gasteiger partial charge in [-0.3, -0.25) is 14.9 Å². The Hall–Kier alpha value is -1.69. The van der Waals surface area contributed by atoms with Crippen molar-refractivity contribution in [2.45, 2.75) is 23.1 Å². The third-order valence-corrected chi connectivity index (χ3v) is 7.84. The Labute approximate surface area is 159 Å². The fourth-order valence-corrected chi connectivity index (χ4v) is 5.89. The van der Waals surface area contributed by atoms with E-state index in [0.717, 1.165) is 11.3 Å². The summed E-state index contributed by atoms with van der Waals surface area (Å²) in [5, 5.41) is 4.56. The van der Waals surface area contributed by atoms with Crippen LogP contribution in [0.25, 0.3) is 0 Å². The number of carbonyl (C=O) groups excluding carboxylic acids is 3. The number of rotatable bonds is 5. The highest BCUT2D eigenvalue weighted by Crippen LogP contribution is 2.28. The Balaban J connectivity index is 1.51. The van der Waals surface area contributed by atoms with E-state index in [9.17, 15) is 22.8 Å². The maximum Gasteiger partial charge on any atom is 0.322 e. The number of hydrogen-bond acceptors (Lipinski definition) is 6. The number of urea groups is 1. The van der Waals surface area contributed by atoms with E-state index in [4.69, 9.17) is 11.6 Å². The first-order valence-corrected chi connectivity index (χ1v) is 10.6. The topological polar surface area (TPSA) is 116 Å². The first-order chi connectivity index (χ1) is 12.3. The molecule has 1 aromatic rings. The molecule has 0 aromatic carbocycles. The van der Waals surface area contributed by atoms with Crippen LogP contribution in [-0.2, 0) is 19.6 Å². The smallest absolute Gasteiger partial charge is 0.322 e. The Morgan fingerprint density at radius 2 is 1.92 bits per heavy atom. The monoisotopic (exact) mass is 420 g/mol. The van der Waals surface area contributed by atoms with Gasteiger partial charge in [-0.1, -0.05) is 11.6 Å². The van der Waals surface area contributed by atoms with Gasteiger partial charge in [-0.05, 0) is 18.6 Å². The van der Waals surface area contributed by atoms with E-state index in [1.165, 1.54) is 16.4 Å². The molecule has 2 aliphatic rings. The predicted octanol–water partition coefficient (Wildman–Crippen LogP) is 0.223. The SMILES string of the molecule is O=C1NC(=O)[C@@H](CCC(=O)N2CCN(S(=O)(=O)c3ccc(Cl)s3)CC2)N1. The van der Waals surface area contributed by atoms with Crippen molar-refractivity contribution < 1.29 is 22.8 Å². The average molecular weight is 421 g/mol. The highest BCUT2D eigenvalue weighted by molar-refractivity contribution is 7.91. The molecule has 0 bridgehead atoms. The zero-order chi connectivity index (χ0) is 18.9. The summed E-state index contributed by atoms with van der Waals surface area (Å²) in [6.07, 6.45) is 0.314. The lowest BCUT2D eigenvalue weighted by atomic mass is 10.1. The predicted molar refractivity (Wildman–Crippen MR) is 94.4 cm³/mol. The maximum absolute atomic E-state index is 12.5. The zero-order valence-corrected chi connectivity index (χ0v) is 16.0. The summed E-state index contributed by atoms with van der Waals surface area (Å²) < 4.78 is 27.0. The van der Waals surface area contributed by atoms with Gasteiger partial charge in [0.25, 0.3) is 15.9 Å². The third kappa shape index (κ3) is 4.00. The van der Waals surface area contributed by atoms with E-state index in [-0.39, 0.29) is 49.1 Å². The summed E-state index contributed by atoms with van der Waals surface area (Å²) >= 11 is 6.81. The van der Waals surface area contributed by atoms with Crippen molar-refractivity contribution >= 4 is 50.8 Å². The summed E-state index contributed by atoms with van der Waals surface area (Å²) in [5.74, 6) is -0.608. The fourth-order valence-electron chi connectivity index (χ4n) is 2.83. The summed E-state index contributed by atoms with van der Waals surface area (Å²) in [6.45, 7) is 0.954. The standard InChI is InChI=1S/C14H17ClN4O5S2/c15-10-2-4-12(25-10)26(23,24)19-7-5-18(6-8-19)11(20)3-1-9-13(21)17-14(22)16-9/h2,4,9H,1,3,5-8H2,(H2,16,17,21,22)/t9-/m1/s1. The molecule has 0 saturated carbocycles. The summed E-state index contributed by atoms with van der Waals surface area (Å²) in [5.41, 5.74) is 0. The number of piperazine rings is 1. The van der Waals surface area contributed by atoms with Crippen molar-refractivity contribution in [2.24, 2.45) is 0 Å². The largest absolute Gasteiger partial charge is 0.340 e. The van der Waals surface area contributed by atoms with Crippen LogP contribution in [0.5, 0.6) is 0 Å². The number of carbonyl (C=O) groups is 3. The van der Waals surface area contributed by atoms with E-state index < -0.39 is 28.0 Å². The minimum absolute atomic E-state index is 0.103. The van der Waals surface area contributed by atoms with Crippen LogP contribution in [0.3, 0.4) is 0 Å². The Morgan fingerprint density at radius 1 is 1.23 bits per heavy atom. The minimum Gasteiger partial charge on any atom is -0.340 e. The van der Waals surface area contributed by atoms with Crippen LogP contribution in [-0.4, -0.2) is 67.7 Å². The van der Waals surface area contributed by atoms with Gasteiger partial charge in [0.2, 0.25) is 5.91 Å². The number of hydrogen-bond donors (Lipinski definition) is 2. The third-order valence-electron chi connectivity index (χ3n) is 4.24. The Kier molecular flexibility index (Phi) is 5.51. The van der Waals surface area contributed by atoms with Gasteiger partial charge in [0.05, 0.1) is 4.34 Å². The van der Waals surface area contributed by atoms with Crippen molar-refractivity contribution in [3.05, 3.63) is 16.5 Å². The number of amides is 4. The average Bonchev–Trinajstić information content (AvgIpc) is 3.18. The second-order valence-corrected chi connectivity index (χ2v) is 9.78. The van der Waals surface area contributed by atoms with Crippen molar-refractivity contribution in [2.75, 3.05) is 26.2 Å². The normalized spacial score (nSPS) is 21.6. The van der Waals surface area contributed by atoms with Gasteiger partial charge in [-0.2, -0.15) is 4.31 Å². The highest BCUT2D eigenvalue weighted by Gasteiger charge is 2.33. The van der Waals surface area contributed by atoms with E-state index in [2.05, 4.69) is 10.6 Å². The second kappa shape index (κ2) is 7.51. The van der Waals surface area contributed by atoms with Crippen LogP contribution in [0, 0.1) is 0 Å². The van der Waals surface area contributed by atoms with E-state index in [1.54, 1.807) is 4.90 Å². The zero-order valence-electron chi connectivity index (χ0n) is 13.6. The molecular formula is C14H17ClN4O5S2. The first kappa shape index (κ1) is 19.1. The van der Waals surface area contributed by atoms with Gasteiger partial charge >= 0.3 is 6.03 Å². The maximum atomic E-state index is 12.5.